The summed E-state index contributed by atoms with van der Waals surface area (Å²) in [4.78, 5) is 31.7. The third-order valence-corrected chi connectivity index (χ3v) is 9.09. The molecule has 5 unspecified atom stereocenters. The van der Waals surface area contributed by atoms with Gasteiger partial charge in [0, 0.05) is 10.7 Å². The fourth-order valence-corrected chi connectivity index (χ4v) is 7.27. The lowest BCUT2D eigenvalue weighted by molar-refractivity contribution is -0.121. The summed E-state index contributed by atoms with van der Waals surface area (Å²) in [7, 11) is 0. The van der Waals surface area contributed by atoms with Crippen LogP contribution >= 0.6 is 34.8 Å². The number of nitrogens with two attached hydrogens (primary N) is 1. The molecule has 208 valence electrons. The van der Waals surface area contributed by atoms with Gasteiger partial charge in [-0.25, -0.2) is 5.90 Å². The average molecular weight is 594 g/mol. The summed E-state index contributed by atoms with van der Waals surface area (Å²) in [6, 6.07) is 10.1. The lowest BCUT2D eigenvalue weighted by Gasteiger charge is -2.32. The molecule has 5 rings (SSSR count). The summed E-state index contributed by atoms with van der Waals surface area (Å²) in [6.45, 7) is 6.43. The van der Waals surface area contributed by atoms with E-state index in [9.17, 15) is 9.59 Å². The molecule has 1 saturated heterocycles. The van der Waals surface area contributed by atoms with E-state index < -0.39 is 17.3 Å². The summed E-state index contributed by atoms with van der Waals surface area (Å²) in [6.07, 6.45) is 2.67. The molecular weight excluding hydrogens is 563 g/mol. The molecule has 0 bridgehead atoms. The summed E-state index contributed by atoms with van der Waals surface area (Å²) < 4.78 is 6.30. The van der Waals surface area contributed by atoms with Crippen LogP contribution in [0, 0.1) is 11.8 Å². The molecule has 1 aliphatic carbocycles. The number of hydrazone groups is 1. The minimum Gasteiger partial charge on any atom is -0.352 e. The molecule has 0 aromatic heterocycles. The highest BCUT2D eigenvalue weighted by molar-refractivity contribution is 6.42. The minimum absolute atomic E-state index is 0.0562. The molecule has 3 N–H and O–H groups in total. The van der Waals surface area contributed by atoms with E-state index in [1.807, 2.05) is 6.92 Å². The van der Waals surface area contributed by atoms with Gasteiger partial charge in [-0.15, -0.1) is 0 Å². The molecule has 11 heteroatoms. The number of benzene rings is 2. The number of nitrogens with one attached hydrogen (secondary N) is 1. The number of amides is 2. The minimum atomic E-state index is -0.843. The zero-order valence-electron chi connectivity index (χ0n) is 22.0. The lowest BCUT2D eigenvalue weighted by atomic mass is 9.69. The highest BCUT2D eigenvalue weighted by atomic mass is 35.5. The van der Waals surface area contributed by atoms with Crippen LogP contribution in [0.25, 0.3) is 0 Å². The van der Waals surface area contributed by atoms with Gasteiger partial charge in [0.05, 0.1) is 22.2 Å². The number of halogens is 3. The van der Waals surface area contributed by atoms with Gasteiger partial charge in [-0.1, -0.05) is 67.7 Å². The molecule has 2 aromatic carbocycles. The van der Waals surface area contributed by atoms with Crippen molar-refractivity contribution in [2.24, 2.45) is 22.8 Å². The van der Waals surface area contributed by atoms with Crippen molar-refractivity contribution < 1.29 is 19.2 Å². The smallest absolute Gasteiger partial charge is 0.259 e. The van der Waals surface area contributed by atoms with Gasteiger partial charge in [0.1, 0.15) is 17.4 Å². The number of hydrogen-bond donors (Lipinski definition) is 2. The molecule has 3 aliphatic rings. The van der Waals surface area contributed by atoms with Crippen LogP contribution in [0.5, 0.6) is 0 Å². The molecule has 0 radical (unpaired) electrons. The second kappa shape index (κ2) is 10.7. The van der Waals surface area contributed by atoms with Gasteiger partial charge in [0.15, 0.2) is 5.60 Å². The van der Waals surface area contributed by atoms with Gasteiger partial charge in [-0.2, -0.15) is 10.1 Å². The van der Waals surface area contributed by atoms with Gasteiger partial charge in [-0.05, 0) is 67.3 Å². The Hall–Kier alpha value is -2.20. The highest BCUT2D eigenvalue weighted by Crippen LogP contribution is 2.62. The Morgan fingerprint density at radius 2 is 1.97 bits per heavy atom. The SMILES string of the molecule is CCC1(C(=O)Nc2cccc(C(ON)C3=NN(c4c(Cl)cc(Cl)cc4Cl)C(=O)C3)c2)OC12CCC(C)CC2C. The van der Waals surface area contributed by atoms with Crippen LogP contribution in [-0.4, -0.2) is 28.7 Å². The maximum atomic E-state index is 13.6. The molecule has 2 amide bonds. The number of carbonyl (C=O) groups excluding carboxylic acids is 2. The van der Waals surface area contributed by atoms with E-state index in [1.165, 1.54) is 12.1 Å². The molecule has 5 atom stereocenters. The van der Waals surface area contributed by atoms with Crippen molar-refractivity contribution in [3.8, 4) is 0 Å². The largest absolute Gasteiger partial charge is 0.352 e. The molecule has 39 heavy (non-hydrogen) atoms. The van der Waals surface area contributed by atoms with Gasteiger partial charge in [0.2, 0.25) is 0 Å². The summed E-state index contributed by atoms with van der Waals surface area (Å²) >= 11 is 18.6. The number of rotatable bonds is 7. The molecular formula is C28H31Cl3N4O4. The number of hydrogen-bond acceptors (Lipinski definition) is 6. The van der Waals surface area contributed by atoms with Crippen molar-refractivity contribution in [2.45, 2.75) is 70.2 Å². The fourth-order valence-electron chi connectivity index (χ4n) is 6.29. The van der Waals surface area contributed by atoms with Crippen LogP contribution in [0.15, 0.2) is 41.5 Å². The molecule has 2 aromatic rings. The Morgan fingerprint density at radius 3 is 2.62 bits per heavy atom. The zero-order valence-corrected chi connectivity index (χ0v) is 24.2. The first kappa shape index (κ1) is 28.3. The third-order valence-electron chi connectivity index (χ3n) is 8.30. The van der Waals surface area contributed by atoms with Gasteiger partial charge in [0.25, 0.3) is 11.8 Å². The Morgan fingerprint density at radius 1 is 1.26 bits per heavy atom. The van der Waals surface area contributed by atoms with Crippen molar-refractivity contribution in [1.82, 2.24) is 0 Å². The number of carbonyl (C=O) groups is 2. The van der Waals surface area contributed by atoms with Crippen LogP contribution in [-0.2, 0) is 19.2 Å². The molecule has 2 aliphatic heterocycles. The molecule has 2 heterocycles. The van der Waals surface area contributed by atoms with Crippen LogP contribution < -0.4 is 16.2 Å². The highest BCUT2D eigenvalue weighted by Gasteiger charge is 2.75. The number of ether oxygens (including phenoxy) is 1. The normalized spacial score (nSPS) is 28.9. The topological polar surface area (TPSA) is 110 Å². The van der Waals surface area contributed by atoms with Crippen LogP contribution in [0.4, 0.5) is 11.4 Å². The molecule has 1 spiro atoms. The summed E-state index contributed by atoms with van der Waals surface area (Å²) in [5.41, 5.74) is 0.535. The van der Waals surface area contributed by atoms with E-state index >= 15 is 0 Å². The van der Waals surface area contributed by atoms with E-state index in [0.717, 1.165) is 24.3 Å². The number of epoxide rings is 1. The molecule has 1 saturated carbocycles. The van der Waals surface area contributed by atoms with Crippen molar-refractivity contribution >= 4 is 63.7 Å². The first-order chi connectivity index (χ1) is 18.5. The van der Waals surface area contributed by atoms with E-state index in [4.69, 9.17) is 50.3 Å². The second-order valence-corrected chi connectivity index (χ2v) is 12.0. The first-order valence-corrected chi connectivity index (χ1v) is 14.2. The Balaban J connectivity index is 1.37. The monoisotopic (exact) mass is 592 g/mol. The number of nitrogens with zero attached hydrogens (tertiary/aromatic N) is 2. The Kier molecular flexibility index (Phi) is 7.74. The van der Waals surface area contributed by atoms with Crippen LogP contribution in [0.3, 0.4) is 0 Å². The Labute approximate surface area is 242 Å². The maximum absolute atomic E-state index is 13.6. The molecule has 2 fully saturated rings. The van der Waals surface area contributed by atoms with Crippen LogP contribution in [0.2, 0.25) is 15.1 Å². The average Bonchev–Trinajstić information content (AvgIpc) is 3.42. The first-order valence-electron chi connectivity index (χ1n) is 13.1. The van der Waals surface area contributed by atoms with E-state index in [-0.39, 0.29) is 34.0 Å². The maximum Gasteiger partial charge on any atom is 0.259 e. The standard InChI is InChI=1S/C28H31Cl3N4O4/c1-4-27(28(39-27)9-8-15(2)10-16(28)3)26(37)33-19-7-5-6-17(11-19)25(38-32)22-14-23(36)35(34-22)24-20(30)12-18(29)13-21(24)31/h5-7,11-13,15-16,25H,4,8-10,14,32H2,1-3H3,(H,33,37). The van der Waals surface area contributed by atoms with Crippen molar-refractivity contribution in [3.63, 3.8) is 0 Å². The van der Waals surface area contributed by atoms with Crippen LogP contribution in [0.1, 0.15) is 64.5 Å². The van der Waals surface area contributed by atoms with Gasteiger partial charge in [-0.3, -0.25) is 14.4 Å². The number of anilines is 2. The van der Waals surface area contributed by atoms with E-state index in [2.05, 4.69) is 24.3 Å². The van der Waals surface area contributed by atoms with Gasteiger partial charge < -0.3 is 10.1 Å². The Bertz CT molecular complexity index is 1330. The lowest BCUT2D eigenvalue weighted by Crippen LogP contribution is -2.43. The third kappa shape index (κ3) is 4.85. The van der Waals surface area contributed by atoms with E-state index in [0.29, 0.717) is 40.2 Å². The fraction of sp³-hybridized carbons (Fsp3) is 0.464. The zero-order chi connectivity index (χ0) is 28.1. The molecule has 8 nitrogen and oxygen atoms in total. The second-order valence-electron chi connectivity index (χ2n) is 10.7. The quantitative estimate of drug-likeness (QED) is 0.275. The van der Waals surface area contributed by atoms with Crippen molar-refractivity contribution in [1.29, 1.82) is 0 Å². The van der Waals surface area contributed by atoms with Crippen molar-refractivity contribution in [3.05, 3.63) is 57.0 Å². The van der Waals surface area contributed by atoms with Gasteiger partial charge >= 0.3 is 0 Å². The van der Waals surface area contributed by atoms with Crippen molar-refractivity contribution in [2.75, 3.05) is 10.3 Å². The summed E-state index contributed by atoms with van der Waals surface area (Å²) in [5.74, 6) is 6.11. The summed E-state index contributed by atoms with van der Waals surface area (Å²) in [5, 5.41) is 9.33. The predicted octanol–water partition coefficient (Wildman–Crippen LogP) is 6.68. The van der Waals surface area contributed by atoms with E-state index in [1.54, 1.807) is 24.3 Å². The predicted molar refractivity (Wildman–Crippen MR) is 153 cm³/mol.